The van der Waals surface area contributed by atoms with Crippen LogP contribution in [-0.2, 0) is 4.74 Å². The highest BCUT2D eigenvalue weighted by molar-refractivity contribution is 5.76. The number of hydrogen-bond acceptors (Lipinski definition) is 5. The molecular formula is C9H14N2O5. The van der Waals surface area contributed by atoms with E-state index in [1.54, 1.807) is 6.08 Å². The molecule has 0 spiro atoms. The molecule has 7 nitrogen and oxygen atoms in total. The van der Waals surface area contributed by atoms with Crippen LogP contribution in [-0.4, -0.2) is 63.9 Å². The Hall–Kier alpha value is -1.15. The number of nitrogens with zero attached hydrogens (tertiary/aromatic N) is 1. The van der Waals surface area contributed by atoms with Crippen LogP contribution in [0.3, 0.4) is 0 Å². The average molecular weight is 230 g/mol. The number of hydrogen-bond donors (Lipinski definition) is 4. The minimum absolute atomic E-state index is 0.405. The van der Waals surface area contributed by atoms with Crippen LogP contribution < -0.4 is 5.32 Å². The Kier molecular flexibility index (Phi) is 3.10. The Bertz CT molecular complexity index is 308. The van der Waals surface area contributed by atoms with Gasteiger partial charge in [-0.1, -0.05) is 0 Å². The Morgan fingerprint density at radius 3 is 2.81 bits per heavy atom. The fourth-order valence-corrected chi connectivity index (χ4v) is 1.78. The van der Waals surface area contributed by atoms with Gasteiger partial charge in [-0.25, -0.2) is 4.79 Å². The van der Waals surface area contributed by atoms with Gasteiger partial charge in [0.2, 0.25) is 0 Å². The molecule has 0 saturated carbocycles. The van der Waals surface area contributed by atoms with E-state index in [2.05, 4.69) is 5.32 Å². The summed E-state index contributed by atoms with van der Waals surface area (Å²) in [5.74, 6) is 0. The van der Waals surface area contributed by atoms with Crippen molar-refractivity contribution in [1.29, 1.82) is 0 Å². The number of aliphatic hydroxyl groups is 3. The number of carbonyl (C=O) groups is 1. The molecule has 7 heteroatoms. The Labute approximate surface area is 91.9 Å². The van der Waals surface area contributed by atoms with E-state index in [-0.39, 0.29) is 0 Å². The molecule has 16 heavy (non-hydrogen) atoms. The van der Waals surface area contributed by atoms with Gasteiger partial charge in [0.15, 0.2) is 6.23 Å². The number of ether oxygens (including phenoxy) is 1. The first-order valence-electron chi connectivity index (χ1n) is 5.00. The van der Waals surface area contributed by atoms with E-state index < -0.39 is 37.2 Å². The number of carbonyl (C=O) groups excluding carboxylic acids is 1. The van der Waals surface area contributed by atoms with Gasteiger partial charge in [-0.3, -0.25) is 4.90 Å². The molecule has 1 fully saturated rings. The van der Waals surface area contributed by atoms with Crippen LogP contribution in [0.5, 0.6) is 0 Å². The maximum atomic E-state index is 11.5. The number of amides is 2. The molecule has 2 amide bonds. The van der Waals surface area contributed by atoms with Crippen LogP contribution in [0, 0.1) is 0 Å². The minimum Gasteiger partial charge on any atom is -0.394 e. The van der Waals surface area contributed by atoms with Crippen molar-refractivity contribution in [2.45, 2.75) is 24.5 Å². The predicted molar refractivity (Wildman–Crippen MR) is 52.1 cm³/mol. The highest BCUT2D eigenvalue weighted by Gasteiger charge is 2.46. The van der Waals surface area contributed by atoms with Crippen LogP contribution in [0.1, 0.15) is 0 Å². The smallest absolute Gasteiger partial charge is 0.323 e. The lowest BCUT2D eigenvalue weighted by Gasteiger charge is -2.29. The monoisotopic (exact) mass is 230 g/mol. The van der Waals surface area contributed by atoms with Gasteiger partial charge in [0, 0.05) is 12.7 Å². The molecule has 2 aliphatic heterocycles. The van der Waals surface area contributed by atoms with Crippen molar-refractivity contribution in [3.8, 4) is 0 Å². The topological polar surface area (TPSA) is 102 Å². The third-order valence-electron chi connectivity index (χ3n) is 2.66. The van der Waals surface area contributed by atoms with Crippen LogP contribution in [0.15, 0.2) is 12.3 Å². The molecule has 2 heterocycles. The molecule has 1 saturated heterocycles. The van der Waals surface area contributed by atoms with Gasteiger partial charge in [-0.15, -0.1) is 0 Å². The second-order valence-corrected chi connectivity index (χ2v) is 3.71. The summed E-state index contributed by atoms with van der Waals surface area (Å²) in [5.41, 5.74) is 0. The van der Waals surface area contributed by atoms with E-state index in [0.717, 1.165) is 4.90 Å². The number of urea groups is 1. The molecule has 0 radical (unpaired) electrons. The summed E-state index contributed by atoms with van der Waals surface area (Å²) in [6.45, 7) is 0.0119. The second-order valence-electron chi connectivity index (χ2n) is 3.71. The quantitative estimate of drug-likeness (QED) is 0.438. The van der Waals surface area contributed by atoms with Crippen LogP contribution in [0.25, 0.3) is 0 Å². The molecule has 2 aliphatic rings. The highest BCUT2D eigenvalue weighted by atomic mass is 16.6. The van der Waals surface area contributed by atoms with Crippen molar-refractivity contribution in [2.24, 2.45) is 0 Å². The van der Waals surface area contributed by atoms with Crippen molar-refractivity contribution >= 4 is 6.03 Å². The molecule has 0 aromatic rings. The van der Waals surface area contributed by atoms with E-state index >= 15 is 0 Å². The predicted octanol–water partition coefficient (Wildman–Crippen LogP) is -2.04. The first-order chi connectivity index (χ1) is 7.65. The molecule has 90 valence electrons. The van der Waals surface area contributed by atoms with Crippen molar-refractivity contribution in [3.63, 3.8) is 0 Å². The zero-order valence-electron chi connectivity index (χ0n) is 8.48. The zero-order valence-corrected chi connectivity index (χ0v) is 8.48. The van der Waals surface area contributed by atoms with Crippen LogP contribution in [0.2, 0.25) is 0 Å². The third kappa shape index (κ3) is 1.78. The van der Waals surface area contributed by atoms with Gasteiger partial charge in [0.25, 0.3) is 0 Å². The van der Waals surface area contributed by atoms with Gasteiger partial charge in [0.1, 0.15) is 18.3 Å². The average Bonchev–Trinajstić information content (AvgIpc) is 2.57. The maximum Gasteiger partial charge on any atom is 0.323 e. The second kappa shape index (κ2) is 4.38. The SMILES string of the molecule is O=C1NCC=CN1[C@@H]1O[C@H](CO)C(O)C1O. The van der Waals surface area contributed by atoms with E-state index in [4.69, 9.17) is 9.84 Å². The molecular weight excluding hydrogens is 216 g/mol. The van der Waals surface area contributed by atoms with E-state index in [0.29, 0.717) is 6.54 Å². The fourth-order valence-electron chi connectivity index (χ4n) is 1.78. The Morgan fingerprint density at radius 2 is 2.25 bits per heavy atom. The molecule has 4 N–H and O–H groups in total. The molecule has 0 aliphatic carbocycles. The molecule has 2 unspecified atom stereocenters. The summed E-state index contributed by atoms with van der Waals surface area (Å²) < 4.78 is 5.21. The number of rotatable bonds is 2. The standard InChI is InChI=1S/C9H14N2O5/c12-4-5-6(13)7(14)8(16-5)11-3-1-2-10-9(11)15/h1,3,5-8,12-14H,2,4H2,(H,10,15)/t5-,6?,7?,8-/m1/s1. The summed E-state index contributed by atoms with van der Waals surface area (Å²) in [6.07, 6.45) is -1.09. The highest BCUT2D eigenvalue weighted by Crippen LogP contribution is 2.24. The fraction of sp³-hybridized carbons (Fsp3) is 0.667. The summed E-state index contributed by atoms with van der Waals surface area (Å²) in [4.78, 5) is 12.6. The number of nitrogens with one attached hydrogen (secondary N) is 1. The van der Waals surface area contributed by atoms with E-state index in [1.807, 2.05) is 0 Å². The Balaban J connectivity index is 2.13. The van der Waals surface area contributed by atoms with E-state index in [1.165, 1.54) is 6.20 Å². The lowest BCUT2D eigenvalue weighted by Crippen LogP contribution is -2.50. The normalized spacial score (nSPS) is 38.9. The molecule has 0 aromatic heterocycles. The van der Waals surface area contributed by atoms with Gasteiger partial charge < -0.3 is 25.4 Å². The van der Waals surface area contributed by atoms with Crippen molar-refractivity contribution in [2.75, 3.05) is 13.2 Å². The van der Waals surface area contributed by atoms with Crippen LogP contribution in [0.4, 0.5) is 4.79 Å². The first kappa shape index (κ1) is 11.3. The van der Waals surface area contributed by atoms with Crippen molar-refractivity contribution < 1.29 is 24.9 Å². The van der Waals surface area contributed by atoms with Gasteiger partial charge in [0.05, 0.1) is 6.61 Å². The van der Waals surface area contributed by atoms with Crippen molar-refractivity contribution in [3.05, 3.63) is 12.3 Å². The first-order valence-corrected chi connectivity index (χ1v) is 5.00. The zero-order chi connectivity index (χ0) is 11.7. The van der Waals surface area contributed by atoms with Gasteiger partial charge in [-0.2, -0.15) is 0 Å². The van der Waals surface area contributed by atoms with Gasteiger partial charge >= 0.3 is 6.03 Å². The molecule has 0 aromatic carbocycles. The lowest BCUT2D eigenvalue weighted by molar-refractivity contribution is -0.0656. The third-order valence-corrected chi connectivity index (χ3v) is 2.66. The number of aliphatic hydroxyl groups excluding tert-OH is 3. The summed E-state index contributed by atoms with van der Waals surface area (Å²) in [6, 6.07) is -0.405. The van der Waals surface area contributed by atoms with Crippen molar-refractivity contribution in [1.82, 2.24) is 10.2 Å². The lowest BCUT2D eigenvalue weighted by atomic mass is 10.1. The summed E-state index contributed by atoms with van der Waals surface area (Å²) in [7, 11) is 0. The summed E-state index contributed by atoms with van der Waals surface area (Å²) >= 11 is 0. The maximum absolute atomic E-state index is 11.5. The van der Waals surface area contributed by atoms with Crippen LogP contribution >= 0.6 is 0 Å². The molecule has 4 atom stereocenters. The summed E-state index contributed by atoms with van der Waals surface area (Å²) in [5, 5.41) is 30.7. The largest absolute Gasteiger partial charge is 0.394 e. The Morgan fingerprint density at radius 1 is 1.50 bits per heavy atom. The molecule has 0 bridgehead atoms. The van der Waals surface area contributed by atoms with E-state index in [9.17, 15) is 15.0 Å². The molecule has 2 rings (SSSR count). The van der Waals surface area contributed by atoms with Gasteiger partial charge in [-0.05, 0) is 6.08 Å². The minimum atomic E-state index is -1.23.